The second-order valence-electron chi connectivity index (χ2n) is 5.29. The monoisotopic (exact) mass is 325 g/mol. The molecule has 0 radical (unpaired) electrons. The SMILES string of the molecule is CCCC=CC(=O)/N=c1/cnn(-c2ccccc2)c(OCCC)c1. The molecule has 5 nitrogen and oxygen atoms in total. The third-order valence-corrected chi connectivity index (χ3v) is 3.20. The zero-order valence-electron chi connectivity index (χ0n) is 14.2. The first kappa shape index (κ1) is 17.7. The van der Waals surface area contributed by atoms with E-state index in [1.54, 1.807) is 16.9 Å². The summed E-state index contributed by atoms with van der Waals surface area (Å²) in [4.78, 5) is 15.9. The van der Waals surface area contributed by atoms with Gasteiger partial charge in [-0.25, -0.2) is 9.67 Å². The van der Waals surface area contributed by atoms with E-state index in [0.29, 0.717) is 17.8 Å². The largest absolute Gasteiger partial charge is 0.478 e. The Morgan fingerprint density at radius 3 is 2.75 bits per heavy atom. The summed E-state index contributed by atoms with van der Waals surface area (Å²) in [5, 5.41) is 4.86. The topological polar surface area (TPSA) is 56.5 Å². The fraction of sp³-hybridized carbons (Fsp3) is 0.316. The highest BCUT2D eigenvalue weighted by molar-refractivity contribution is 5.88. The number of para-hydroxylation sites is 1. The molecule has 24 heavy (non-hydrogen) atoms. The van der Waals surface area contributed by atoms with Crippen LogP contribution in [-0.2, 0) is 4.79 Å². The highest BCUT2D eigenvalue weighted by Gasteiger charge is 2.05. The maximum Gasteiger partial charge on any atom is 0.269 e. The summed E-state index contributed by atoms with van der Waals surface area (Å²) in [5.74, 6) is 0.277. The molecule has 1 amide bonds. The van der Waals surface area contributed by atoms with Gasteiger partial charge in [0, 0.05) is 12.1 Å². The van der Waals surface area contributed by atoms with Crippen LogP contribution in [0.1, 0.15) is 33.1 Å². The molecule has 1 aromatic carbocycles. The van der Waals surface area contributed by atoms with Crippen molar-refractivity contribution in [3.8, 4) is 11.6 Å². The molecular weight excluding hydrogens is 302 g/mol. The number of amides is 1. The minimum Gasteiger partial charge on any atom is -0.478 e. The Bertz CT molecular complexity index is 749. The summed E-state index contributed by atoms with van der Waals surface area (Å²) in [6, 6.07) is 11.5. The van der Waals surface area contributed by atoms with Crippen LogP contribution in [-0.4, -0.2) is 22.3 Å². The van der Waals surface area contributed by atoms with Crippen LogP contribution in [0, 0.1) is 0 Å². The number of hydrogen-bond acceptors (Lipinski definition) is 3. The minimum absolute atomic E-state index is 0.288. The Balaban J connectivity index is 2.34. The fourth-order valence-corrected chi connectivity index (χ4v) is 2.05. The normalized spacial score (nSPS) is 11.8. The molecule has 126 valence electrons. The van der Waals surface area contributed by atoms with Gasteiger partial charge in [0.15, 0.2) is 0 Å². The number of aromatic nitrogens is 2. The lowest BCUT2D eigenvalue weighted by molar-refractivity contribution is -0.113. The second-order valence-corrected chi connectivity index (χ2v) is 5.29. The van der Waals surface area contributed by atoms with Crippen molar-refractivity contribution in [3.05, 3.63) is 60.1 Å². The molecule has 2 rings (SSSR count). The molecule has 0 atom stereocenters. The highest BCUT2D eigenvalue weighted by atomic mass is 16.5. The first-order chi connectivity index (χ1) is 11.7. The van der Waals surface area contributed by atoms with E-state index >= 15 is 0 Å². The molecule has 1 aromatic heterocycles. The van der Waals surface area contributed by atoms with Gasteiger partial charge < -0.3 is 4.74 Å². The molecule has 0 bridgehead atoms. The second kappa shape index (κ2) is 9.45. The molecule has 0 aliphatic carbocycles. The maximum absolute atomic E-state index is 11.8. The molecule has 1 heterocycles. The standard InChI is InChI=1S/C19H23N3O2/c1-3-5-7-12-18(23)21-16-14-19(24-13-4-2)22(20-15-16)17-10-8-6-9-11-17/h6-12,14-15H,3-5,13H2,1-2H3/b12-7?,21-16+. The molecule has 0 aliphatic rings. The summed E-state index contributed by atoms with van der Waals surface area (Å²) in [7, 11) is 0. The van der Waals surface area contributed by atoms with E-state index in [1.807, 2.05) is 43.3 Å². The van der Waals surface area contributed by atoms with Crippen LogP contribution in [0.3, 0.4) is 0 Å². The Morgan fingerprint density at radius 1 is 1.25 bits per heavy atom. The van der Waals surface area contributed by atoms with Crippen molar-refractivity contribution in [1.29, 1.82) is 0 Å². The number of unbranched alkanes of at least 4 members (excludes halogenated alkanes) is 1. The average molecular weight is 325 g/mol. The number of benzene rings is 1. The summed E-state index contributed by atoms with van der Waals surface area (Å²) < 4.78 is 7.47. The quantitative estimate of drug-likeness (QED) is 0.733. The Kier molecular flexibility index (Phi) is 6.95. The van der Waals surface area contributed by atoms with E-state index in [-0.39, 0.29) is 5.91 Å². The average Bonchev–Trinajstić information content (AvgIpc) is 2.61. The van der Waals surface area contributed by atoms with Crippen molar-refractivity contribution in [2.75, 3.05) is 6.61 Å². The van der Waals surface area contributed by atoms with Crippen molar-refractivity contribution < 1.29 is 9.53 Å². The van der Waals surface area contributed by atoms with Crippen LogP contribution >= 0.6 is 0 Å². The van der Waals surface area contributed by atoms with Crippen molar-refractivity contribution in [1.82, 2.24) is 9.78 Å². The highest BCUT2D eigenvalue weighted by Crippen LogP contribution is 2.14. The van der Waals surface area contributed by atoms with Crippen LogP contribution in [0.2, 0.25) is 0 Å². The predicted molar refractivity (Wildman–Crippen MR) is 94.0 cm³/mol. The lowest BCUT2D eigenvalue weighted by atomic mass is 10.3. The van der Waals surface area contributed by atoms with Crippen LogP contribution in [0.25, 0.3) is 5.69 Å². The molecule has 0 fully saturated rings. The van der Waals surface area contributed by atoms with Gasteiger partial charge in [-0.2, -0.15) is 5.10 Å². The molecular formula is C19H23N3O2. The summed E-state index contributed by atoms with van der Waals surface area (Å²) in [6.07, 6.45) is 7.65. The van der Waals surface area contributed by atoms with Crippen LogP contribution in [0.15, 0.2) is 59.7 Å². The molecule has 0 saturated heterocycles. The smallest absolute Gasteiger partial charge is 0.269 e. The zero-order chi connectivity index (χ0) is 17.2. The van der Waals surface area contributed by atoms with E-state index < -0.39 is 0 Å². The van der Waals surface area contributed by atoms with Gasteiger partial charge in [0.05, 0.1) is 23.8 Å². The van der Waals surface area contributed by atoms with Crippen LogP contribution < -0.4 is 10.1 Å². The van der Waals surface area contributed by atoms with Gasteiger partial charge >= 0.3 is 0 Å². The van der Waals surface area contributed by atoms with E-state index in [1.165, 1.54) is 6.08 Å². The molecule has 0 spiro atoms. The molecule has 0 unspecified atom stereocenters. The van der Waals surface area contributed by atoms with E-state index in [9.17, 15) is 4.79 Å². The zero-order valence-corrected chi connectivity index (χ0v) is 14.2. The molecule has 0 aliphatic heterocycles. The van der Waals surface area contributed by atoms with Crippen molar-refractivity contribution in [2.24, 2.45) is 4.99 Å². The van der Waals surface area contributed by atoms with E-state index in [4.69, 9.17) is 4.74 Å². The van der Waals surface area contributed by atoms with Crippen molar-refractivity contribution in [2.45, 2.75) is 33.1 Å². The molecule has 0 N–H and O–H groups in total. The molecule has 5 heteroatoms. The third-order valence-electron chi connectivity index (χ3n) is 3.20. The number of carbonyl (C=O) groups is 1. The van der Waals surface area contributed by atoms with Gasteiger partial charge in [-0.3, -0.25) is 4.79 Å². The van der Waals surface area contributed by atoms with Gasteiger partial charge in [0.2, 0.25) is 5.88 Å². The van der Waals surface area contributed by atoms with Gasteiger partial charge in [-0.1, -0.05) is 44.5 Å². The van der Waals surface area contributed by atoms with Crippen molar-refractivity contribution >= 4 is 5.91 Å². The third kappa shape index (κ3) is 5.19. The Morgan fingerprint density at radius 2 is 2.04 bits per heavy atom. The first-order valence-electron chi connectivity index (χ1n) is 8.27. The maximum atomic E-state index is 11.8. The van der Waals surface area contributed by atoms with Crippen LogP contribution in [0.5, 0.6) is 5.88 Å². The van der Waals surface area contributed by atoms with Crippen molar-refractivity contribution in [3.63, 3.8) is 0 Å². The lowest BCUT2D eigenvalue weighted by Crippen LogP contribution is -2.15. The van der Waals surface area contributed by atoms with Gasteiger partial charge in [0.1, 0.15) is 0 Å². The van der Waals surface area contributed by atoms with Gasteiger partial charge in [0.25, 0.3) is 5.91 Å². The van der Waals surface area contributed by atoms with Gasteiger partial charge in [-0.15, -0.1) is 0 Å². The number of carbonyl (C=O) groups excluding carboxylic acids is 1. The fourth-order valence-electron chi connectivity index (χ4n) is 2.05. The van der Waals surface area contributed by atoms with Gasteiger partial charge in [-0.05, 0) is 25.0 Å². The molecule has 2 aromatic rings. The number of rotatable bonds is 7. The first-order valence-corrected chi connectivity index (χ1v) is 8.27. The van der Waals surface area contributed by atoms with Crippen LogP contribution in [0.4, 0.5) is 0 Å². The number of hydrogen-bond donors (Lipinski definition) is 0. The summed E-state index contributed by atoms with van der Waals surface area (Å²) >= 11 is 0. The van der Waals surface area contributed by atoms with E-state index in [0.717, 1.165) is 24.9 Å². The minimum atomic E-state index is -0.288. The number of nitrogens with zero attached hydrogens (tertiary/aromatic N) is 3. The predicted octanol–water partition coefficient (Wildman–Crippen LogP) is 3.44. The summed E-state index contributed by atoms with van der Waals surface area (Å²) in [6.45, 7) is 4.67. The van der Waals surface area contributed by atoms with E-state index in [2.05, 4.69) is 17.0 Å². The Labute approximate surface area is 142 Å². The Hall–Kier alpha value is -2.69. The number of allylic oxidation sites excluding steroid dienone is 1. The molecule has 0 saturated carbocycles. The summed E-state index contributed by atoms with van der Waals surface area (Å²) in [5.41, 5.74) is 0.893. The lowest BCUT2D eigenvalue weighted by Gasteiger charge is -2.12. The number of ether oxygens (including phenoxy) is 1.